The molecule has 0 atom stereocenters. The van der Waals surface area contributed by atoms with Gasteiger partial charge in [-0.1, -0.05) is 18.1 Å². The van der Waals surface area contributed by atoms with E-state index in [1.165, 1.54) is 12.8 Å². The lowest BCUT2D eigenvalue weighted by molar-refractivity contribution is -0.125. The van der Waals surface area contributed by atoms with E-state index in [0.717, 1.165) is 64.5 Å². The zero-order chi connectivity index (χ0) is 17.9. The Kier molecular flexibility index (Phi) is 5.22. The van der Waals surface area contributed by atoms with E-state index < -0.39 is 0 Å². The second-order valence-corrected chi connectivity index (χ2v) is 8.08. The molecular formula is C19H29N5O2. The van der Waals surface area contributed by atoms with Crippen LogP contribution in [0.2, 0.25) is 0 Å². The van der Waals surface area contributed by atoms with Gasteiger partial charge in [-0.3, -0.25) is 9.59 Å². The van der Waals surface area contributed by atoms with Crippen LogP contribution >= 0.6 is 0 Å². The Bertz CT molecular complexity index is 638. The maximum atomic E-state index is 12.4. The molecule has 1 N–H and O–H groups in total. The summed E-state index contributed by atoms with van der Waals surface area (Å²) >= 11 is 0. The number of carbonyl (C=O) groups is 2. The monoisotopic (exact) mass is 359 g/mol. The van der Waals surface area contributed by atoms with E-state index in [-0.39, 0.29) is 29.8 Å². The predicted molar refractivity (Wildman–Crippen MR) is 96.6 cm³/mol. The molecule has 1 aliphatic heterocycles. The van der Waals surface area contributed by atoms with Crippen LogP contribution in [0, 0.1) is 5.92 Å². The molecular weight excluding hydrogens is 330 g/mol. The van der Waals surface area contributed by atoms with E-state index in [2.05, 4.69) is 15.6 Å². The lowest BCUT2D eigenvalue weighted by Gasteiger charge is -2.29. The Morgan fingerprint density at radius 3 is 2.35 bits per heavy atom. The Hall–Kier alpha value is -1.92. The normalized spacial score (nSPS) is 27.0. The summed E-state index contributed by atoms with van der Waals surface area (Å²) in [5.41, 5.74) is 0.462. The molecule has 0 aromatic carbocycles. The Morgan fingerprint density at radius 2 is 1.65 bits per heavy atom. The average Bonchev–Trinajstić information content (AvgIpc) is 3.44. The zero-order valence-electron chi connectivity index (χ0n) is 15.4. The minimum Gasteiger partial charge on any atom is -0.353 e. The summed E-state index contributed by atoms with van der Waals surface area (Å²) in [6.07, 6.45) is 12.3. The SMILES string of the molecule is O=C(NC1CCC(n2cc(C(=O)N3CCCC3)nn2)CC1)C1CCCC1. The lowest BCUT2D eigenvalue weighted by Crippen LogP contribution is -2.40. The van der Waals surface area contributed by atoms with Crippen LogP contribution in [0.1, 0.15) is 80.7 Å². The van der Waals surface area contributed by atoms with Gasteiger partial charge in [0.15, 0.2) is 5.69 Å². The third-order valence-corrected chi connectivity index (χ3v) is 6.27. The molecule has 2 aliphatic carbocycles. The number of nitrogens with one attached hydrogen (secondary N) is 1. The van der Waals surface area contributed by atoms with Gasteiger partial charge in [-0.15, -0.1) is 5.10 Å². The van der Waals surface area contributed by atoms with Crippen LogP contribution < -0.4 is 5.32 Å². The van der Waals surface area contributed by atoms with E-state index in [1.54, 1.807) is 0 Å². The Balaban J connectivity index is 1.28. The topological polar surface area (TPSA) is 80.1 Å². The Labute approximate surface area is 154 Å². The quantitative estimate of drug-likeness (QED) is 0.894. The summed E-state index contributed by atoms with van der Waals surface area (Å²) in [4.78, 5) is 26.6. The van der Waals surface area contributed by atoms with Crippen LogP contribution in [0.5, 0.6) is 0 Å². The Morgan fingerprint density at radius 1 is 0.962 bits per heavy atom. The summed E-state index contributed by atoms with van der Waals surface area (Å²) in [6, 6.07) is 0.566. The molecule has 142 valence electrons. The summed E-state index contributed by atoms with van der Waals surface area (Å²) < 4.78 is 1.86. The molecule has 0 spiro atoms. The number of amides is 2. The van der Waals surface area contributed by atoms with Crippen LogP contribution in [0.4, 0.5) is 0 Å². The molecule has 7 nitrogen and oxygen atoms in total. The molecule has 2 amide bonds. The van der Waals surface area contributed by atoms with Crippen LogP contribution in [0.3, 0.4) is 0 Å². The predicted octanol–water partition coefficient (Wildman–Crippen LogP) is 2.30. The molecule has 0 radical (unpaired) electrons. The fourth-order valence-electron chi connectivity index (χ4n) is 4.63. The molecule has 4 rings (SSSR count). The summed E-state index contributed by atoms with van der Waals surface area (Å²) in [7, 11) is 0. The summed E-state index contributed by atoms with van der Waals surface area (Å²) in [6.45, 7) is 1.66. The van der Waals surface area contributed by atoms with Crippen LogP contribution in [-0.4, -0.2) is 50.8 Å². The van der Waals surface area contributed by atoms with Gasteiger partial charge in [0.1, 0.15) is 0 Å². The highest BCUT2D eigenvalue weighted by molar-refractivity contribution is 5.92. The van der Waals surface area contributed by atoms with Gasteiger partial charge >= 0.3 is 0 Å². The van der Waals surface area contributed by atoms with Crippen molar-refractivity contribution in [2.24, 2.45) is 5.92 Å². The van der Waals surface area contributed by atoms with Crippen molar-refractivity contribution in [2.75, 3.05) is 13.1 Å². The highest BCUT2D eigenvalue weighted by Crippen LogP contribution is 2.30. The average molecular weight is 359 g/mol. The first kappa shape index (κ1) is 17.5. The number of hydrogen-bond donors (Lipinski definition) is 1. The third kappa shape index (κ3) is 3.76. The molecule has 7 heteroatoms. The molecule has 1 saturated heterocycles. The van der Waals surface area contributed by atoms with Crippen LogP contribution in [0.25, 0.3) is 0 Å². The number of rotatable bonds is 4. The van der Waals surface area contributed by atoms with E-state index in [9.17, 15) is 9.59 Å². The van der Waals surface area contributed by atoms with Gasteiger partial charge < -0.3 is 10.2 Å². The molecule has 3 aliphatic rings. The molecule has 26 heavy (non-hydrogen) atoms. The van der Waals surface area contributed by atoms with Crippen molar-refractivity contribution >= 4 is 11.8 Å². The van der Waals surface area contributed by atoms with Gasteiger partial charge in [-0.05, 0) is 51.4 Å². The molecule has 3 fully saturated rings. The molecule has 2 saturated carbocycles. The van der Waals surface area contributed by atoms with Gasteiger partial charge in [0, 0.05) is 25.0 Å². The minimum atomic E-state index is 0.00580. The fourth-order valence-corrected chi connectivity index (χ4v) is 4.63. The van der Waals surface area contributed by atoms with Crippen molar-refractivity contribution in [1.82, 2.24) is 25.2 Å². The van der Waals surface area contributed by atoms with Gasteiger partial charge in [-0.25, -0.2) is 4.68 Å². The van der Waals surface area contributed by atoms with Gasteiger partial charge in [0.2, 0.25) is 5.91 Å². The van der Waals surface area contributed by atoms with Crippen LogP contribution in [-0.2, 0) is 4.79 Å². The van der Waals surface area contributed by atoms with Crippen molar-refractivity contribution in [3.8, 4) is 0 Å². The summed E-state index contributed by atoms with van der Waals surface area (Å²) in [5, 5.41) is 11.6. The van der Waals surface area contributed by atoms with Gasteiger partial charge in [-0.2, -0.15) is 0 Å². The molecule has 2 heterocycles. The van der Waals surface area contributed by atoms with Crippen molar-refractivity contribution in [3.63, 3.8) is 0 Å². The minimum absolute atomic E-state index is 0.00580. The fraction of sp³-hybridized carbons (Fsp3) is 0.789. The molecule has 1 aromatic rings. The lowest BCUT2D eigenvalue weighted by atomic mass is 9.90. The van der Waals surface area contributed by atoms with Crippen molar-refractivity contribution in [2.45, 2.75) is 76.3 Å². The van der Waals surface area contributed by atoms with E-state index in [4.69, 9.17) is 0 Å². The standard InChI is InChI=1S/C19H29N5O2/c25-18(14-5-1-2-6-14)20-15-7-9-16(10-8-15)24-13-17(21-22-24)19(26)23-11-3-4-12-23/h13-16H,1-12H2,(H,20,25). The second kappa shape index (κ2) is 7.76. The van der Waals surface area contributed by atoms with Crippen LogP contribution in [0.15, 0.2) is 6.20 Å². The van der Waals surface area contributed by atoms with Gasteiger partial charge in [0.25, 0.3) is 5.91 Å². The molecule has 0 bridgehead atoms. The largest absolute Gasteiger partial charge is 0.353 e. The number of nitrogens with zero attached hydrogens (tertiary/aromatic N) is 4. The van der Waals surface area contributed by atoms with E-state index in [1.807, 2.05) is 15.8 Å². The number of likely N-dealkylation sites (tertiary alicyclic amines) is 1. The van der Waals surface area contributed by atoms with E-state index >= 15 is 0 Å². The smallest absolute Gasteiger partial charge is 0.276 e. The van der Waals surface area contributed by atoms with Gasteiger partial charge in [0.05, 0.1) is 12.2 Å². The first-order valence-electron chi connectivity index (χ1n) is 10.2. The summed E-state index contributed by atoms with van der Waals surface area (Å²) in [5.74, 6) is 0.499. The number of aromatic nitrogens is 3. The number of carbonyl (C=O) groups excluding carboxylic acids is 2. The maximum absolute atomic E-state index is 12.4. The first-order chi connectivity index (χ1) is 12.7. The van der Waals surface area contributed by atoms with E-state index in [0.29, 0.717) is 5.69 Å². The highest BCUT2D eigenvalue weighted by Gasteiger charge is 2.29. The maximum Gasteiger partial charge on any atom is 0.276 e. The number of hydrogen-bond acceptors (Lipinski definition) is 4. The highest BCUT2D eigenvalue weighted by atomic mass is 16.2. The molecule has 1 aromatic heterocycles. The zero-order valence-corrected chi connectivity index (χ0v) is 15.4. The van der Waals surface area contributed by atoms with Crippen molar-refractivity contribution in [3.05, 3.63) is 11.9 Å². The third-order valence-electron chi connectivity index (χ3n) is 6.27. The van der Waals surface area contributed by atoms with Crippen molar-refractivity contribution < 1.29 is 9.59 Å². The van der Waals surface area contributed by atoms with Crippen molar-refractivity contribution in [1.29, 1.82) is 0 Å². The molecule has 0 unspecified atom stereocenters. The first-order valence-corrected chi connectivity index (χ1v) is 10.2. The second-order valence-electron chi connectivity index (χ2n) is 8.08.